The monoisotopic (exact) mass is 314 g/mol. The number of carboxylic acid groups (broad SMARTS) is 1. The van der Waals surface area contributed by atoms with Crippen LogP contribution < -0.4 is 4.74 Å². The van der Waals surface area contributed by atoms with E-state index in [4.69, 9.17) is 9.84 Å². The Kier molecular flexibility index (Phi) is 5.37. The van der Waals surface area contributed by atoms with Crippen molar-refractivity contribution in [2.75, 3.05) is 6.61 Å². The van der Waals surface area contributed by atoms with Gasteiger partial charge in [-0.3, -0.25) is 4.79 Å². The van der Waals surface area contributed by atoms with Crippen molar-refractivity contribution >= 4 is 5.97 Å². The Morgan fingerprint density at radius 1 is 1.09 bits per heavy atom. The number of rotatable bonds is 7. The largest absolute Gasteiger partial charge is 0.489 e. The summed E-state index contributed by atoms with van der Waals surface area (Å²) < 4.78 is 5.99. The Morgan fingerprint density at radius 3 is 2.52 bits per heavy atom. The molecule has 2 aliphatic carbocycles. The molecule has 0 bridgehead atoms. The Morgan fingerprint density at radius 2 is 1.83 bits per heavy atom. The van der Waals surface area contributed by atoms with Crippen LogP contribution in [-0.2, 0) is 11.2 Å². The lowest BCUT2D eigenvalue weighted by atomic mass is 9.94. The second kappa shape index (κ2) is 7.67. The van der Waals surface area contributed by atoms with Crippen molar-refractivity contribution in [2.24, 2.45) is 5.92 Å². The van der Waals surface area contributed by atoms with Crippen molar-refractivity contribution in [1.82, 2.24) is 0 Å². The van der Waals surface area contributed by atoms with Crippen molar-refractivity contribution in [2.45, 2.75) is 57.8 Å². The molecule has 3 nitrogen and oxygen atoms in total. The predicted octanol–water partition coefficient (Wildman–Crippen LogP) is 4.75. The molecule has 1 aromatic carbocycles. The maximum atomic E-state index is 10.6. The minimum absolute atomic E-state index is 0.178. The van der Waals surface area contributed by atoms with Crippen molar-refractivity contribution in [3.05, 3.63) is 41.0 Å². The molecule has 2 aliphatic rings. The SMILES string of the molecule is O=C(O)CCc1ccc(OCC2=C(C3CCCC3)CCC2)cc1. The van der Waals surface area contributed by atoms with Gasteiger partial charge < -0.3 is 9.84 Å². The van der Waals surface area contributed by atoms with E-state index >= 15 is 0 Å². The van der Waals surface area contributed by atoms with Crippen molar-refractivity contribution in [3.63, 3.8) is 0 Å². The molecule has 0 radical (unpaired) electrons. The standard InChI is InChI=1S/C20H26O3/c21-20(22)13-10-15-8-11-18(12-9-15)23-14-17-6-3-7-19(17)16-4-1-2-5-16/h8-9,11-12,16H,1-7,10,13-14H2,(H,21,22). The summed E-state index contributed by atoms with van der Waals surface area (Å²) in [6, 6.07) is 7.86. The summed E-state index contributed by atoms with van der Waals surface area (Å²) in [5.74, 6) is 0.960. The van der Waals surface area contributed by atoms with E-state index in [9.17, 15) is 4.79 Å². The quantitative estimate of drug-likeness (QED) is 0.739. The van der Waals surface area contributed by atoms with E-state index in [-0.39, 0.29) is 6.42 Å². The Balaban J connectivity index is 1.55. The molecule has 1 fully saturated rings. The van der Waals surface area contributed by atoms with Crippen LogP contribution in [0.2, 0.25) is 0 Å². The lowest BCUT2D eigenvalue weighted by Gasteiger charge is -2.15. The highest BCUT2D eigenvalue weighted by molar-refractivity contribution is 5.67. The van der Waals surface area contributed by atoms with Crippen LogP contribution in [0.3, 0.4) is 0 Å². The molecular formula is C20H26O3. The summed E-state index contributed by atoms with van der Waals surface area (Å²) in [6.07, 6.45) is 10.0. The molecule has 0 atom stereocenters. The van der Waals surface area contributed by atoms with Gasteiger partial charge in [0.15, 0.2) is 0 Å². The van der Waals surface area contributed by atoms with Crippen LogP contribution in [0.25, 0.3) is 0 Å². The number of carboxylic acids is 1. The Bertz CT molecular complexity index is 565. The number of allylic oxidation sites excluding steroid dienone is 1. The number of aryl methyl sites for hydroxylation is 1. The number of ether oxygens (including phenoxy) is 1. The van der Waals surface area contributed by atoms with Gasteiger partial charge in [0.1, 0.15) is 12.4 Å². The lowest BCUT2D eigenvalue weighted by molar-refractivity contribution is -0.136. The van der Waals surface area contributed by atoms with Gasteiger partial charge in [-0.2, -0.15) is 0 Å². The van der Waals surface area contributed by atoms with E-state index < -0.39 is 5.97 Å². The minimum Gasteiger partial charge on any atom is -0.489 e. The fourth-order valence-corrected chi connectivity index (χ4v) is 3.94. The van der Waals surface area contributed by atoms with E-state index in [1.165, 1.54) is 50.5 Å². The van der Waals surface area contributed by atoms with Crippen LogP contribution in [0, 0.1) is 5.92 Å². The number of aliphatic carboxylic acids is 1. The van der Waals surface area contributed by atoms with E-state index in [2.05, 4.69) is 0 Å². The Hall–Kier alpha value is -1.77. The molecule has 1 aromatic rings. The smallest absolute Gasteiger partial charge is 0.303 e. The van der Waals surface area contributed by atoms with Gasteiger partial charge in [0.05, 0.1) is 0 Å². The molecule has 124 valence electrons. The predicted molar refractivity (Wildman–Crippen MR) is 90.7 cm³/mol. The average Bonchev–Trinajstić information content (AvgIpc) is 3.22. The van der Waals surface area contributed by atoms with Crippen LogP contribution in [0.15, 0.2) is 35.4 Å². The van der Waals surface area contributed by atoms with Crippen LogP contribution >= 0.6 is 0 Å². The van der Waals surface area contributed by atoms with Gasteiger partial charge in [-0.25, -0.2) is 0 Å². The van der Waals surface area contributed by atoms with E-state index in [0.717, 1.165) is 23.8 Å². The normalized spacial score (nSPS) is 18.6. The van der Waals surface area contributed by atoms with E-state index in [1.807, 2.05) is 24.3 Å². The van der Waals surface area contributed by atoms with Gasteiger partial charge in [0, 0.05) is 6.42 Å². The number of benzene rings is 1. The summed E-state index contributed by atoms with van der Waals surface area (Å²) in [6.45, 7) is 0.723. The molecule has 1 N–H and O–H groups in total. The molecule has 0 saturated heterocycles. The number of hydrogen-bond donors (Lipinski definition) is 1. The van der Waals surface area contributed by atoms with Gasteiger partial charge in [-0.1, -0.05) is 30.5 Å². The summed E-state index contributed by atoms with van der Waals surface area (Å²) in [7, 11) is 0. The summed E-state index contributed by atoms with van der Waals surface area (Å²) >= 11 is 0. The van der Waals surface area contributed by atoms with Crippen LogP contribution in [-0.4, -0.2) is 17.7 Å². The number of hydrogen-bond acceptors (Lipinski definition) is 2. The third kappa shape index (κ3) is 4.37. The maximum absolute atomic E-state index is 10.6. The molecule has 0 amide bonds. The summed E-state index contributed by atoms with van der Waals surface area (Å²) in [4.78, 5) is 10.6. The van der Waals surface area contributed by atoms with Gasteiger partial charge in [-0.15, -0.1) is 0 Å². The highest BCUT2D eigenvalue weighted by Gasteiger charge is 2.25. The molecule has 0 unspecified atom stereocenters. The van der Waals surface area contributed by atoms with Gasteiger partial charge in [0.2, 0.25) is 0 Å². The fourth-order valence-electron chi connectivity index (χ4n) is 3.94. The fraction of sp³-hybridized carbons (Fsp3) is 0.550. The topological polar surface area (TPSA) is 46.5 Å². The van der Waals surface area contributed by atoms with Crippen LogP contribution in [0.4, 0.5) is 0 Å². The van der Waals surface area contributed by atoms with Crippen molar-refractivity contribution in [1.29, 1.82) is 0 Å². The molecular weight excluding hydrogens is 288 g/mol. The summed E-state index contributed by atoms with van der Waals surface area (Å²) in [5, 5.41) is 8.72. The van der Waals surface area contributed by atoms with Crippen LogP contribution in [0.1, 0.15) is 56.9 Å². The van der Waals surface area contributed by atoms with Gasteiger partial charge >= 0.3 is 5.97 Å². The van der Waals surface area contributed by atoms with Crippen molar-refractivity contribution < 1.29 is 14.6 Å². The van der Waals surface area contributed by atoms with E-state index in [1.54, 1.807) is 5.57 Å². The molecule has 0 heterocycles. The first kappa shape index (κ1) is 16.1. The first-order chi connectivity index (χ1) is 11.2. The Labute approximate surface area is 138 Å². The minimum atomic E-state index is -0.752. The molecule has 0 aliphatic heterocycles. The first-order valence-corrected chi connectivity index (χ1v) is 8.86. The van der Waals surface area contributed by atoms with E-state index in [0.29, 0.717) is 6.42 Å². The second-order valence-corrected chi connectivity index (χ2v) is 6.79. The van der Waals surface area contributed by atoms with Gasteiger partial charge in [-0.05, 0) is 67.7 Å². The zero-order valence-corrected chi connectivity index (χ0v) is 13.7. The van der Waals surface area contributed by atoms with Crippen LogP contribution in [0.5, 0.6) is 5.75 Å². The number of carbonyl (C=O) groups is 1. The zero-order valence-electron chi connectivity index (χ0n) is 13.7. The third-order valence-electron chi connectivity index (χ3n) is 5.19. The molecule has 23 heavy (non-hydrogen) atoms. The molecule has 0 aromatic heterocycles. The molecule has 3 rings (SSSR count). The average molecular weight is 314 g/mol. The lowest BCUT2D eigenvalue weighted by Crippen LogP contribution is -2.05. The van der Waals surface area contributed by atoms with Gasteiger partial charge in [0.25, 0.3) is 0 Å². The highest BCUT2D eigenvalue weighted by atomic mass is 16.5. The summed E-state index contributed by atoms with van der Waals surface area (Å²) in [5.41, 5.74) is 4.28. The maximum Gasteiger partial charge on any atom is 0.303 e. The molecule has 0 spiro atoms. The third-order valence-corrected chi connectivity index (χ3v) is 5.19. The molecule has 1 saturated carbocycles. The van der Waals surface area contributed by atoms with Crippen molar-refractivity contribution in [3.8, 4) is 5.75 Å². The first-order valence-electron chi connectivity index (χ1n) is 8.86. The second-order valence-electron chi connectivity index (χ2n) is 6.79. The highest BCUT2D eigenvalue weighted by Crippen LogP contribution is 2.40. The zero-order chi connectivity index (χ0) is 16.1. The molecule has 3 heteroatoms.